The molecule has 1 N–H and O–H groups in total. The lowest BCUT2D eigenvalue weighted by molar-refractivity contribution is 0.0695. The van der Waals surface area contributed by atoms with Gasteiger partial charge in [-0.05, 0) is 43.4 Å². The average molecular weight is 367 g/mol. The Labute approximate surface area is 156 Å². The zero-order chi connectivity index (χ0) is 19.1. The molecule has 6 heteroatoms. The van der Waals surface area contributed by atoms with E-state index >= 15 is 0 Å². The van der Waals surface area contributed by atoms with Crippen molar-refractivity contribution in [3.05, 3.63) is 51.8 Å². The number of hydrogen-bond donors (Lipinski definition) is 1. The van der Waals surface area contributed by atoms with Crippen LogP contribution in [0, 0.1) is 5.92 Å². The molecule has 1 aliphatic heterocycles. The third-order valence-corrected chi connectivity index (χ3v) is 5.13. The second kappa shape index (κ2) is 6.61. The van der Waals surface area contributed by atoms with Gasteiger partial charge in [0.2, 0.25) is 0 Å². The highest BCUT2D eigenvalue weighted by atomic mass is 16.5. The molecular weight excluding hydrogens is 346 g/mol. The van der Waals surface area contributed by atoms with Crippen molar-refractivity contribution in [2.75, 3.05) is 13.7 Å². The number of ether oxygens (including phenoxy) is 2. The molecule has 2 aliphatic rings. The molecule has 0 amide bonds. The van der Waals surface area contributed by atoms with Gasteiger partial charge in [-0.15, -0.1) is 0 Å². The fourth-order valence-corrected chi connectivity index (χ4v) is 3.41. The molecular formula is C21H21NO5. The second-order valence-electron chi connectivity index (χ2n) is 6.98. The SMILES string of the molecule is C/C=C1\Cc2cc(OCC3CC3)c(OC)cc2-c2cc(=O)c(C(=O)O)cn21. The Kier molecular flexibility index (Phi) is 4.26. The molecule has 0 radical (unpaired) electrons. The van der Waals surface area contributed by atoms with E-state index < -0.39 is 11.4 Å². The van der Waals surface area contributed by atoms with Crippen LogP contribution in [0.1, 0.15) is 35.7 Å². The Morgan fingerprint density at radius 3 is 2.70 bits per heavy atom. The molecule has 2 heterocycles. The Balaban J connectivity index is 1.86. The number of aromatic nitrogens is 1. The van der Waals surface area contributed by atoms with Crippen molar-refractivity contribution in [2.45, 2.75) is 26.2 Å². The summed E-state index contributed by atoms with van der Waals surface area (Å²) in [4.78, 5) is 23.6. The van der Waals surface area contributed by atoms with E-state index in [4.69, 9.17) is 9.47 Å². The highest BCUT2D eigenvalue weighted by molar-refractivity contribution is 5.89. The molecule has 0 bridgehead atoms. The first-order valence-electron chi connectivity index (χ1n) is 9.01. The smallest absolute Gasteiger partial charge is 0.341 e. The van der Waals surface area contributed by atoms with Crippen molar-refractivity contribution in [3.8, 4) is 22.8 Å². The van der Waals surface area contributed by atoms with Crippen LogP contribution >= 0.6 is 0 Å². The van der Waals surface area contributed by atoms with E-state index in [0.29, 0.717) is 36.1 Å². The molecule has 27 heavy (non-hydrogen) atoms. The van der Waals surface area contributed by atoms with E-state index in [2.05, 4.69) is 0 Å². The van der Waals surface area contributed by atoms with E-state index in [0.717, 1.165) is 16.8 Å². The number of carboxylic acids is 1. The van der Waals surface area contributed by atoms with Crippen LogP contribution < -0.4 is 14.9 Å². The molecule has 0 saturated heterocycles. The van der Waals surface area contributed by atoms with Gasteiger partial charge in [0.25, 0.3) is 0 Å². The summed E-state index contributed by atoms with van der Waals surface area (Å²) in [5.74, 6) is 0.722. The molecule has 6 nitrogen and oxygen atoms in total. The predicted molar refractivity (Wildman–Crippen MR) is 102 cm³/mol. The number of nitrogens with zero attached hydrogens (tertiary/aromatic N) is 1. The van der Waals surface area contributed by atoms with Gasteiger partial charge in [-0.1, -0.05) is 6.08 Å². The lowest BCUT2D eigenvalue weighted by Crippen LogP contribution is -2.21. The first-order chi connectivity index (χ1) is 13.0. The van der Waals surface area contributed by atoms with E-state index in [1.54, 1.807) is 11.7 Å². The number of pyridine rings is 1. The third kappa shape index (κ3) is 3.12. The fourth-order valence-electron chi connectivity index (χ4n) is 3.41. The summed E-state index contributed by atoms with van der Waals surface area (Å²) in [5.41, 5.74) is 2.70. The summed E-state index contributed by atoms with van der Waals surface area (Å²) in [5, 5.41) is 9.28. The van der Waals surface area contributed by atoms with Crippen LogP contribution in [0.25, 0.3) is 17.0 Å². The van der Waals surface area contributed by atoms with E-state index in [1.807, 2.05) is 25.1 Å². The molecule has 1 saturated carbocycles. The normalized spacial score (nSPS) is 16.6. The van der Waals surface area contributed by atoms with Crippen molar-refractivity contribution in [1.82, 2.24) is 4.57 Å². The van der Waals surface area contributed by atoms with Crippen molar-refractivity contribution >= 4 is 11.7 Å². The number of benzene rings is 1. The van der Waals surface area contributed by atoms with Crippen LogP contribution in [0.4, 0.5) is 0 Å². The molecule has 1 fully saturated rings. The number of aromatic carboxylic acids is 1. The molecule has 140 valence electrons. The number of carboxylic acid groups (broad SMARTS) is 1. The van der Waals surface area contributed by atoms with E-state index in [-0.39, 0.29) is 5.56 Å². The van der Waals surface area contributed by atoms with Gasteiger partial charge >= 0.3 is 5.97 Å². The highest BCUT2D eigenvalue weighted by Gasteiger charge is 2.26. The van der Waals surface area contributed by atoms with Gasteiger partial charge in [0.05, 0.1) is 19.4 Å². The molecule has 0 unspecified atom stereocenters. The van der Waals surface area contributed by atoms with Crippen molar-refractivity contribution in [2.24, 2.45) is 5.92 Å². The number of carbonyl (C=O) groups is 1. The molecule has 2 aromatic rings. The van der Waals surface area contributed by atoms with Crippen molar-refractivity contribution < 1.29 is 19.4 Å². The Bertz CT molecular complexity index is 1010. The summed E-state index contributed by atoms with van der Waals surface area (Å²) < 4.78 is 13.2. The molecule has 1 aromatic carbocycles. The van der Waals surface area contributed by atoms with E-state index in [1.165, 1.54) is 25.1 Å². The Morgan fingerprint density at radius 1 is 1.30 bits per heavy atom. The second-order valence-corrected chi connectivity index (χ2v) is 6.98. The quantitative estimate of drug-likeness (QED) is 0.876. The molecule has 1 aromatic heterocycles. The lowest BCUT2D eigenvalue weighted by Gasteiger charge is -2.26. The molecule has 4 rings (SSSR count). The summed E-state index contributed by atoms with van der Waals surface area (Å²) in [6.07, 6.45) is 6.36. The highest BCUT2D eigenvalue weighted by Crippen LogP contribution is 2.41. The average Bonchev–Trinajstić information content (AvgIpc) is 3.48. The number of methoxy groups -OCH3 is 1. The van der Waals surface area contributed by atoms with Crippen LogP contribution in [0.5, 0.6) is 11.5 Å². The standard InChI is InChI=1S/C21H21NO5/c1-3-14-6-13-7-20(27-11-12-4-5-12)19(26-2)8-15(13)17-9-18(23)16(21(24)25)10-22(14)17/h3,7-10,12H,4-6,11H2,1-2H3,(H,24,25)/b14-3+. The molecule has 1 aliphatic carbocycles. The maximum Gasteiger partial charge on any atom is 0.341 e. The van der Waals surface area contributed by atoms with Crippen molar-refractivity contribution in [3.63, 3.8) is 0 Å². The minimum atomic E-state index is -1.22. The van der Waals surface area contributed by atoms with Gasteiger partial charge in [0.15, 0.2) is 16.9 Å². The van der Waals surface area contributed by atoms with Gasteiger partial charge in [0.1, 0.15) is 5.56 Å². The number of hydrogen-bond acceptors (Lipinski definition) is 4. The minimum absolute atomic E-state index is 0.238. The lowest BCUT2D eigenvalue weighted by atomic mass is 9.94. The Morgan fingerprint density at radius 2 is 2.07 bits per heavy atom. The van der Waals surface area contributed by atoms with Gasteiger partial charge < -0.3 is 19.1 Å². The van der Waals surface area contributed by atoms with Crippen LogP contribution in [-0.2, 0) is 6.42 Å². The maximum absolute atomic E-state index is 12.3. The number of rotatable bonds is 5. The topological polar surface area (TPSA) is 77.8 Å². The third-order valence-electron chi connectivity index (χ3n) is 5.13. The minimum Gasteiger partial charge on any atom is -0.493 e. The number of allylic oxidation sites excluding steroid dienone is 2. The zero-order valence-corrected chi connectivity index (χ0v) is 15.3. The zero-order valence-electron chi connectivity index (χ0n) is 15.3. The summed E-state index contributed by atoms with van der Waals surface area (Å²) in [6.45, 7) is 2.58. The molecule has 0 spiro atoms. The summed E-state index contributed by atoms with van der Waals surface area (Å²) in [6, 6.07) is 5.23. The van der Waals surface area contributed by atoms with E-state index in [9.17, 15) is 14.7 Å². The maximum atomic E-state index is 12.3. The van der Waals surface area contributed by atoms with Gasteiger partial charge in [-0.3, -0.25) is 4.79 Å². The van der Waals surface area contributed by atoms with Gasteiger partial charge in [-0.2, -0.15) is 0 Å². The first kappa shape index (κ1) is 17.4. The number of fused-ring (bicyclic) bond motifs is 3. The van der Waals surface area contributed by atoms with Crippen LogP contribution in [0.15, 0.2) is 35.3 Å². The van der Waals surface area contributed by atoms with Crippen LogP contribution in [0.2, 0.25) is 0 Å². The fraction of sp³-hybridized carbons (Fsp3) is 0.333. The predicted octanol–water partition coefficient (Wildman–Crippen LogP) is 3.43. The van der Waals surface area contributed by atoms with Gasteiger partial charge in [-0.25, -0.2) is 4.79 Å². The first-order valence-corrected chi connectivity index (χ1v) is 9.01. The van der Waals surface area contributed by atoms with Gasteiger partial charge in [0, 0.05) is 29.9 Å². The Hall–Kier alpha value is -3.02. The monoisotopic (exact) mass is 367 g/mol. The summed E-state index contributed by atoms with van der Waals surface area (Å²) in [7, 11) is 1.59. The van der Waals surface area contributed by atoms with Crippen LogP contribution in [-0.4, -0.2) is 29.4 Å². The van der Waals surface area contributed by atoms with Crippen LogP contribution in [0.3, 0.4) is 0 Å². The summed E-state index contributed by atoms with van der Waals surface area (Å²) >= 11 is 0. The largest absolute Gasteiger partial charge is 0.493 e. The van der Waals surface area contributed by atoms with Crippen molar-refractivity contribution in [1.29, 1.82) is 0 Å². The molecule has 0 atom stereocenters.